The maximum absolute atomic E-state index is 12.2. The van der Waals surface area contributed by atoms with Crippen LogP contribution in [-0.2, 0) is 9.59 Å². The molecule has 7 nitrogen and oxygen atoms in total. The number of rotatable bonds is 6. The van der Waals surface area contributed by atoms with Crippen LogP contribution >= 0.6 is 27.7 Å². The van der Waals surface area contributed by atoms with E-state index in [0.29, 0.717) is 22.2 Å². The Balaban J connectivity index is 1.64. The van der Waals surface area contributed by atoms with Gasteiger partial charge in [-0.25, -0.2) is 0 Å². The summed E-state index contributed by atoms with van der Waals surface area (Å²) in [4.78, 5) is 23.3. The number of aryl methyl sites for hydroxylation is 1. The number of thioether (sulfide) groups is 1. The van der Waals surface area contributed by atoms with Gasteiger partial charge in [0, 0.05) is 15.7 Å². The molecule has 0 atom stereocenters. The van der Waals surface area contributed by atoms with E-state index in [2.05, 4.69) is 36.8 Å². The van der Waals surface area contributed by atoms with Crippen LogP contribution in [0.3, 0.4) is 0 Å². The lowest BCUT2D eigenvalue weighted by molar-refractivity contribution is -0.118. The Morgan fingerprint density at radius 2 is 2.18 bits per heavy atom. The molecule has 0 radical (unpaired) electrons. The quantitative estimate of drug-likeness (QED) is 0.510. The highest BCUT2D eigenvalue weighted by molar-refractivity contribution is 9.10. The minimum atomic E-state index is -0.259. The topological polar surface area (TPSA) is 92.2 Å². The van der Waals surface area contributed by atoms with Crippen molar-refractivity contribution in [2.24, 2.45) is 10.2 Å². The Labute approximate surface area is 174 Å². The van der Waals surface area contributed by atoms with Gasteiger partial charge in [-0.05, 0) is 36.8 Å². The van der Waals surface area contributed by atoms with E-state index >= 15 is 0 Å². The molecule has 144 valence electrons. The first-order valence-corrected chi connectivity index (χ1v) is 10.1. The molecule has 2 N–H and O–H groups in total. The molecule has 0 saturated carbocycles. The molecule has 0 unspecified atom stereocenters. The van der Waals surface area contributed by atoms with Crippen molar-refractivity contribution in [1.29, 1.82) is 0 Å². The van der Waals surface area contributed by atoms with Gasteiger partial charge in [0.1, 0.15) is 5.75 Å². The minimum absolute atomic E-state index is 0.0925. The van der Waals surface area contributed by atoms with Gasteiger partial charge < -0.3 is 15.4 Å². The Kier molecular flexibility index (Phi) is 6.83. The van der Waals surface area contributed by atoms with Crippen molar-refractivity contribution in [1.82, 2.24) is 5.32 Å². The molecule has 2 aromatic rings. The van der Waals surface area contributed by atoms with Gasteiger partial charge in [0.2, 0.25) is 5.91 Å². The van der Waals surface area contributed by atoms with Crippen LogP contribution in [0.2, 0.25) is 0 Å². The van der Waals surface area contributed by atoms with Gasteiger partial charge in [-0.15, -0.1) is 5.10 Å². The second kappa shape index (κ2) is 9.52. The molecule has 2 aromatic carbocycles. The van der Waals surface area contributed by atoms with Gasteiger partial charge in [-0.3, -0.25) is 9.59 Å². The standard InChI is InChI=1S/C19H17BrN4O3S/c1-12-4-2-3-5-15(12)22-17(25)10-27-16-7-6-14(20)8-13(16)9-21-24-19-23-18(26)11-28-19/h2-9H,10-11H2,1H3,(H,22,25)(H,23,24,26). The number of benzene rings is 2. The summed E-state index contributed by atoms with van der Waals surface area (Å²) in [7, 11) is 0. The van der Waals surface area contributed by atoms with E-state index in [1.54, 1.807) is 12.1 Å². The lowest BCUT2D eigenvalue weighted by Gasteiger charge is -2.11. The second-order valence-electron chi connectivity index (χ2n) is 5.82. The number of hydrogen-bond donors (Lipinski definition) is 2. The first kappa shape index (κ1) is 20.1. The Morgan fingerprint density at radius 1 is 1.36 bits per heavy atom. The fourth-order valence-electron chi connectivity index (χ4n) is 2.32. The van der Waals surface area contributed by atoms with Crippen LogP contribution in [0, 0.1) is 6.92 Å². The van der Waals surface area contributed by atoms with Gasteiger partial charge in [-0.1, -0.05) is 45.9 Å². The third-order valence-electron chi connectivity index (χ3n) is 3.68. The van der Waals surface area contributed by atoms with Crippen LogP contribution in [0.5, 0.6) is 5.75 Å². The van der Waals surface area contributed by atoms with E-state index in [1.165, 1.54) is 18.0 Å². The summed E-state index contributed by atoms with van der Waals surface area (Å²) in [6.07, 6.45) is 1.51. The van der Waals surface area contributed by atoms with Crippen LogP contribution in [0.1, 0.15) is 11.1 Å². The Morgan fingerprint density at radius 3 is 2.93 bits per heavy atom. The van der Waals surface area contributed by atoms with Gasteiger partial charge in [0.05, 0.1) is 12.0 Å². The van der Waals surface area contributed by atoms with E-state index in [9.17, 15) is 9.59 Å². The predicted octanol–water partition coefficient (Wildman–Crippen LogP) is 3.33. The number of carbonyl (C=O) groups excluding carboxylic acids is 2. The van der Waals surface area contributed by atoms with Gasteiger partial charge in [0.25, 0.3) is 5.91 Å². The summed E-state index contributed by atoms with van der Waals surface area (Å²) >= 11 is 4.69. The number of amides is 2. The van der Waals surface area contributed by atoms with Gasteiger partial charge >= 0.3 is 0 Å². The number of amidine groups is 1. The highest BCUT2D eigenvalue weighted by Gasteiger charge is 2.16. The summed E-state index contributed by atoms with van der Waals surface area (Å²) in [5.74, 6) is 0.487. The fraction of sp³-hybridized carbons (Fsp3) is 0.158. The molecule has 0 bridgehead atoms. The largest absolute Gasteiger partial charge is 0.483 e. The number of para-hydroxylation sites is 1. The van der Waals surface area contributed by atoms with Crippen molar-refractivity contribution >= 4 is 56.6 Å². The third kappa shape index (κ3) is 5.67. The lowest BCUT2D eigenvalue weighted by atomic mass is 10.2. The molecule has 1 aliphatic rings. The maximum atomic E-state index is 12.2. The number of carbonyl (C=O) groups is 2. The van der Waals surface area contributed by atoms with Crippen molar-refractivity contribution < 1.29 is 14.3 Å². The van der Waals surface area contributed by atoms with Gasteiger partial charge in [-0.2, -0.15) is 5.10 Å². The molecule has 0 aliphatic carbocycles. The molecule has 28 heavy (non-hydrogen) atoms. The van der Waals surface area contributed by atoms with E-state index in [4.69, 9.17) is 4.74 Å². The molecule has 1 saturated heterocycles. The summed E-state index contributed by atoms with van der Waals surface area (Å²) in [5.41, 5.74) is 2.38. The van der Waals surface area contributed by atoms with E-state index in [0.717, 1.165) is 15.7 Å². The molecule has 0 spiro atoms. The van der Waals surface area contributed by atoms with Crippen LogP contribution < -0.4 is 15.4 Å². The third-order valence-corrected chi connectivity index (χ3v) is 5.04. The Hall–Kier alpha value is -2.65. The highest BCUT2D eigenvalue weighted by atomic mass is 79.9. The lowest BCUT2D eigenvalue weighted by Crippen LogP contribution is -2.21. The second-order valence-corrected chi connectivity index (χ2v) is 7.70. The van der Waals surface area contributed by atoms with E-state index in [1.807, 2.05) is 37.3 Å². The number of anilines is 1. The minimum Gasteiger partial charge on any atom is -0.483 e. The van der Waals surface area contributed by atoms with Crippen LogP contribution in [0.25, 0.3) is 0 Å². The van der Waals surface area contributed by atoms with E-state index in [-0.39, 0.29) is 18.4 Å². The number of nitrogens with one attached hydrogen (secondary N) is 2. The SMILES string of the molecule is Cc1ccccc1NC(=O)COc1ccc(Br)cc1C=NN=C1NC(=O)CS1. The zero-order chi connectivity index (χ0) is 19.9. The van der Waals surface area contributed by atoms with Crippen molar-refractivity contribution in [3.63, 3.8) is 0 Å². The zero-order valence-corrected chi connectivity index (χ0v) is 17.3. The first-order valence-electron chi connectivity index (χ1n) is 8.33. The van der Waals surface area contributed by atoms with Crippen LogP contribution in [0.4, 0.5) is 5.69 Å². The fourth-order valence-corrected chi connectivity index (χ4v) is 3.33. The molecule has 1 heterocycles. The molecular weight excluding hydrogens is 444 g/mol. The predicted molar refractivity (Wildman–Crippen MR) is 115 cm³/mol. The normalized spacial score (nSPS) is 15.1. The molecule has 3 rings (SSSR count). The van der Waals surface area contributed by atoms with Crippen molar-refractivity contribution in [2.75, 3.05) is 17.7 Å². The van der Waals surface area contributed by atoms with Crippen molar-refractivity contribution in [3.05, 3.63) is 58.1 Å². The van der Waals surface area contributed by atoms with Crippen molar-refractivity contribution in [2.45, 2.75) is 6.92 Å². The monoisotopic (exact) mass is 460 g/mol. The Bertz CT molecular complexity index is 962. The highest BCUT2D eigenvalue weighted by Crippen LogP contribution is 2.22. The van der Waals surface area contributed by atoms with Crippen LogP contribution in [-0.4, -0.2) is 35.6 Å². The molecule has 1 aliphatic heterocycles. The van der Waals surface area contributed by atoms with Crippen molar-refractivity contribution in [3.8, 4) is 5.75 Å². The van der Waals surface area contributed by atoms with Gasteiger partial charge in [0.15, 0.2) is 11.8 Å². The summed E-state index contributed by atoms with van der Waals surface area (Å²) in [5, 5.41) is 13.8. The van der Waals surface area contributed by atoms with E-state index < -0.39 is 0 Å². The molecule has 9 heteroatoms. The molecule has 2 amide bonds. The van der Waals surface area contributed by atoms with Crippen LogP contribution in [0.15, 0.2) is 57.1 Å². The smallest absolute Gasteiger partial charge is 0.262 e. The maximum Gasteiger partial charge on any atom is 0.262 e. The average molecular weight is 461 g/mol. The molecular formula is C19H17BrN4O3S. The number of halogens is 1. The average Bonchev–Trinajstić information content (AvgIpc) is 3.08. The number of hydrogen-bond acceptors (Lipinski definition) is 6. The molecule has 1 fully saturated rings. The first-order chi connectivity index (χ1) is 13.5. The number of nitrogens with zero attached hydrogens (tertiary/aromatic N) is 2. The zero-order valence-electron chi connectivity index (χ0n) is 14.9. The summed E-state index contributed by atoms with van der Waals surface area (Å²) in [6.45, 7) is 1.78. The summed E-state index contributed by atoms with van der Waals surface area (Å²) in [6, 6.07) is 12.9. The summed E-state index contributed by atoms with van der Waals surface area (Å²) < 4.78 is 6.49. The number of ether oxygens (including phenoxy) is 1. The molecule has 0 aromatic heterocycles.